The van der Waals surface area contributed by atoms with E-state index in [0.29, 0.717) is 30.0 Å². The molecule has 1 N–H and O–H groups in total. The number of hydrogen-bond donors (Lipinski definition) is 1. The standard InChI is InChI=1S/C20H30O2/c1-12-13-6-7-15-19(4)9-5-8-18(2,3)16(19)14(21)11-20(15,10-13)17(12)22/h13-16,21H,1,5-11H2,2-4H3. The summed E-state index contributed by atoms with van der Waals surface area (Å²) in [7, 11) is 0. The van der Waals surface area contributed by atoms with Crippen molar-refractivity contribution in [3.05, 3.63) is 12.2 Å². The molecule has 2 bridgehead atoms. The van der Waals surface area contributed by atoms with E-state index in [2.05, 4.69) is 27.4 Å². The Bertz CT molecular complexity index is 548. The number of Topliss-reactive ketones (excluding diaryl/α,β-unsaturated/α-hetero) is 1. The largest absolute Gasteiger partial charge is 0.393 e. The minimum Gasteiger partial charge on any atom is -0.393 e. The van der Waals surface area contributed by atoms with Crippen molar-refractivity contribution in [3.8, 4) is 0 Å². The van der Waals surface area contributed by atoms with Gasteiger partial charge in [0.25, 0.3) is 0 Å². The summed E-state index contributed by atoms with van der Waals surface area (Å²) in [6, 6.07) is 0. The Morgan fingerprint density at radius 2 is 1.86 bits per heavy atom. The number of allylic oxidation sites excluding steroid dienone is 1. The molecule has 122 valence electrons. The third kappa shape index (κ3) is 1.58. The number of aliphatic hydroxyl groups is 1. The normalized spacial score (nSPS) is 53.1. The quantitative estimate of drug-likeness (QED) is 0.683. The van der Waals surface area contributed by atoms with E-state index in [-0.39, 0.29) is 22.3 Å². The van der Waals surface area contributed by atoms with Gasteiger partial charge in [0.1, 0.15) is 0 Å². The van der Waals surface area contributed by atoms with Crippen molar-refractivity contribution < 1.29 is 9.90 Å². The molecule has 0 aromatic carbocycles. The number of carbonyl (C=O) groups excluding carboxylic acids is 1. The van der Waals surface area contributed by atoms with Crippen LogP contribution in [0.5, 0.6) is 0 Å². The maximum Gasteiger partial charge on any atom is 0.165 e. The van der Waals surface area contributed by atoms with E-state index >= 15 is 0 Å². The average molecular weight is 302 g/mol. The van der Waals surface area contributed by atoms with Gasteiger partial charge in [0, 0.05) is 5.41 Å². The fourth-order valence-electron chi connectivity index (χ4n) is 7.63. The molecule has 0 aliphatic heterocycles. The SMILES string of the molecule is C=C1C(=O)C23CC1CCC2C1(C)CCCC(C)(C)C1C(O)C3. The Labute approximate surface area is 134 Å². The second kappa shape index (κ2) is 4.26. The van der Waals surface area contributed by atoms with Crippen LogP contribution in [0.1, 0.15) is 65.7 Å². The lowest BCUT2D eigenvalue weighted by Crippen LogP contribution is -2.62. The molecular formula is C20H30O2. The number of rotatable bonds is 0. The van der Waals surface area contributed by atoms with E-state index in [9.17, 15) is 9.90 Å². The lowest BCUT2D eigenvalue weighted by atomic mass is 9.40. The van der Waals surface area contributed by atoms with Crippen molar-refractivity contribution in [2.24, 2.45) is 34.0 Å². The van der Waals surface area contributed by atoms with Gasteiger partial charge in [-0.25, -0.2) is 0 Å². The van der Waals surface area contributed by atoms with E-state index in [0.717, 1.165) is 24.8 Å². The maximum atomic E-state index is 13.1. The number of hydrogen-bond acceptors (Lipinski definition) is 2. The zero-order valence-electron chi connectivity index (χ0n) is 14.3. The summed E-state index contributed by atoms with van der Waals surface area (Å²) < 4.78 is 0. The van der Waals surface area contributed by atoms with Crippen molar-refractivity contribution in [3.63, 3.8) is 0 Å². The summed E-state index contributed by atoms with van der Waals surface area (Å²) in [5.41, 5.74) is 0.888. The van der Waals surface area contributed by atoms with Gasteiger partial charge in [-0.1, -0.05) is 33.8 Å². The van der Waals surface area contributed by atoms with Crippen molar-refractivity contribution in [2.75, 3.05) is 0 Å². The monoisotopic (exact) mass is 302 g/mol. The van der Waals surface area contributed by atoms with Gasteiger partial charge in [-0.05, 0) is 72.7 Å². The summed E-state index contributed by atoms with van der Waals surface area (Å²) in [4.78, 5) is 13.1. The zero-order valence-corrected chi connectivity index (χ0v) is 14.3. The first-order chi connectivity index (χ1) is 10.2. The van der Waals surface area contributed by atoms with Crippen molar-refractivity contribution in [1.29, 1.82) is 0 Å². The first-order valence-electron chi connectivity index (χ1n) is 9.14. The van der Waals surface area contributed by atoms with E-state index < -0.39 is 0 Å². The topological polar surface area (TPSA) is 37.3 Å². The first kappa shape index (κ1) is 14.9. The van der Waals surface area contributed by atoms with Crippen molar-refractivity contribution in [2.45, 2.75) is 71.8 Å². The van der Waals surface area contributed by atoms with Crippen LogP contribution < -0.4 is 0 Å². The molecule has 4 fully saturated rings. The molecule has 1 spiro atoms. The highest BCUT2D eigenvalue weighted by Gasteiger charge is 2.68. The predicted molar refractivity (Wildman–Crippen MR) is 87.3 cm³/mol. The summed E-state index contributed by atoms with van der Waals surface area (Å²) >= 11 is 0. The number of ketones is 1. The van der Waals surface area contributed by atoms with Gasteiger partial charge in [0.15, 0.2) is 5.78 Å². The number of carbonyl (C=O) groups is 1. The molecule has 4 aliphatic rings. The molecule has 4 rings (SSSR count). The minimum atomic E-state index is -0.329. The molecule has 0 amide bonds. The molecule has 4 aliphatic carbocycles. The summed E-state index contributed by atoms with van der Waals surface area (Å²) in [6.07, 6.45) is 7.23. The highest BCUT2D eigenvalue weighted by atomic mass is 16.3. The number of aliphatic hydroxyl groups excluding tert-OH is 1. The Morgan fingerprint density at radius 1 is 1.14 bits per heavy atom. The Hall–Kier alpha value is -0.630. The fourth-order valence-corrected chi connectivity index (χ4v) is 7.63. The van der Waals surface area contributed by atoms with Gasteiger partial charge in [-0.2, -0.15) is 0 Å². The van der Waals surface area contributed by atoms with Crippen LogP contribution in [-0.4, -0.2) is 17.0 Å². The van der Waals surface area contributed by atoms with E-state index in [1.54, 1.807) is 0 Å². The maximum absolute atomic E-state index is 13.1. The smallest absolute Gasteiger partial charge is 0.165 e. The van der Waals surface area contributed by atoms with Gasteiger partial charge in [0.05, 0.1) is 6.10 Å². The molecule has 22 heavy (non-hydrogen) atoms. The second-order valence-electron chi connectivity index (χ2n) is 9.64. The molecule has 0 radical (unpaired) electrons. The van der Waals surface area contributed by atoms with Gasteiger partial charge < -0.3 is 5.11 Å². The van der Waals surface area contributed by atoms with E-state index in [1.807, 2.05) is 0 Å². The van der Waals surface area contributed by atoms with Crippen LogP contribution >= 0.6 is 0 Å². The second-order valence-corrected chi connectivity index (χ2v) is 9.64. The van der Waals surface area contributed by atoms with E-state index in [4.69, 9.17) is 0 Å². The van der Waals surface area contributed by atoms with Crippen molar-refractivity contribution >= 4 is 5.78 Å². The molecule has 0 saturated heterocycles. The predicted octanol–water partition coefficient (Wildman–Crippen LogP) is 4.13. The molecule has 6 atom stereocenters. The molecule has 2 nitrogen and oxygen atoms in total. The number of fused-ring (bicyclic) bond motifs is 3. The molecule has 0 heterocycles. The third-order valence-corrected chi connectivity index (χ3v) is 8.16. The fraction of sp³-hybridized carbons (Fsp3) is 0.850. The van der Waals surface area contributed by atoms with Crippen LogP contribution in [0, 0.1) is 34.0 Å². The van der Waals surface area contributed by atoms with Crippen molar-refractivity contribution in [1.82, 2.24) is 0 Å². The molecule has 2 heteroatoms. The zero-order chi connectivity index (χ0) is 15.9. The third-order valence-electron chi connectivity index (χ3n) is 8.16. The molecule has 0 aromatic rings. The highest BCUT2D eigenvalue weighted by Crippen LogP contribution is 2.70. The van der Waals surface area contributed by atoms with Gasteiger partial charge in [0.2, 0.25) is 0 Å². The lowest BCUT2D eigenvalue weighted by molar-refractivity contribution is -0.198. The molecule has 0 aromatic heterocycles. The van der Waals surface area contributed by atoms with Crippen LogP contribution in [-0.2, 0) is 4.79 Å². The highest BCUT2D eigenvalue weighted by molar-refractivity contribution is 6.03. The van der Waals surface area contributed by atoms with Crippen LogP contribution in [0.25, 0.3) is 0 Å². The van der Waals surface area contributed by atoms with Gasteiger partial charge >= 0.3 is 0 Å². The Kier molecular flexibility index (Phi) is 2.89. The average Bonchev–Trinajstić information content (AvgIpc) is 2.58. The summed E-state index contributed by atoms with van der Waals surface area (Å²) in [5.74, 6) is 1.49. The molecular weight excluding hydrogens is 272 g/mol. The molecule has 6 unspecified atom stereocenters. The Balaban J connectivity index is 1.84. The van der Waals surface area contributed by atoms with Crippen LogP contribution in [0.15, 0.2) is 12.2 Å². The van der Waals surface area contributed by atoms with Gasteiger partial charge in [-0.3, -0.25) is 4.79 Å². The lowest BCUT2D eigenvalue weighted by Gasteiger charge is -2.64. The minimum absolute atomic E-state index is 0.116. The van der Waals surface area contributed by atoms with Gasteiger partial charge in [-0.15, -0.1) is 0 Å². The van der Waals surface area contributed by atoms with Crippen LogP contribution in [0.3, 0.4) is 0 Å². The van der Waals surface area contributed by atoms with Crippen LogP contribution in [0.2, 0.25) is 0 Å². The Morgan fingerprint density at radius 3 is 2.59 bits per heavy atom. The summed E-state index contributed by atoms with van der Waals surface area (Å²) in [6.45, 7) is 11.2. The van der Waals surface area contributed by atoms with E-state index in [1.165, 1.54) is 19.3 Å². The van der Waals surface area contributed by atoms with Crippen LogP contribution in [0.4, 0.5) is 0 Å². The summed E-state index contributed by atoms with van der Waals surface area (Å²) in [5, 5.41) is 11.1. The first-order valence-corrected chi connectivity index (χ1v) is 9.14. The molecule has 4 saturated carbocycles.